The van der Waals surface area contributed by atoms with E-state index in [0.29, 0.717) is 17.0 Å². The molecule has 0 radical (unpaired) electrons. The van der Waals surface area contributed by atoms with Gasteiger partial charge in [-0.3, -0.25) is 9.59 Å². The summed E-state index contributed by atoms with van der Waals surface area (Å²) in [5, 5.41) is 5.85. The van der Waals surface area contributed by atoms with E-state index in [1.807, 2.05) is 38.1 Å². The van der Waals surface area contributed by atoms with E-state index >= 15 is 0 Å². The molecule has 0 aromatic heterocycles. The Morgan fingerprint density at radius 2 is 1.93 bits per heavy atom. The highest BCUT2D eigenvalue weighted by molar-refractivity contribution is 6.05. The van der Waals surface area contributed by atoms with E-state index in [-0.39, 0.29) is 23.8 Å². The Bertz CT molecular complexity index is 843. The van der Waals surface area contributed by atoms with Gasteiger partial charge in [-0.05, 0) is 69.0 Å². The van der Waals surface area contributed by atoms with Crippen molar-refractivity contribution in [2.45, 2.75) is 46.1 Å². The number of aryl methyl sites for hydroxylation is 1. The number of anilines is 2. The minimum absolute atomic E-state index is 0.0523. The second kappa shape index (κ2) is 8.25. The average molecular weight is 366 g/mol. The fourth-order valence-electron chi connectivity index (χ4n) is 2.64. The summed E-state index contributed by atoms with van der Waals surface area (Å²) in [6, 6.07) is 12.7. The topological polar surface area (TPSA) is 67.4 Å². The highest BCUT2D eigenvalue weighted by Crippen LogP contribution is 2.31. The van der Waals surface area contributed by atoms with E-state index in [4.69, 9.17) is 4.74 Å². The van der Waals surface area contributed by atoms with E-state index in [0.717, 1.165) is 30.5 Å². The van der Waals surface area contributed by atoms with Crippen LogP contribution in [0.15, 0.2) is 42.5 Å². The molecule has 0 aliphatic heterocycles. The van der Waals surface area contributed by atoms with Crippen LogP contribution in [0.4, 0.5) is 11.4 Å². The Balaban J connectivity index is 1.70. The molecule has 27 heavy (non-hydrogen) atoms. The van der Waals surface area contributed by atoms with Crippen molar-refractivity contribution in [2.24, 2.45) is 5.92 Å². The Kier molecular flexibility index (Phi) is 5.79. The maximum Gasteiger partial charge on any atom is 0.255 e. The minimum atomic E-state index is -0.215. The molecule has 5 heteroatoms. The van der Waals surface area contributed by atoms with Crippen molar-refractivity contribution in [1.82, 2.24) is 0 Å². The van der Waals surface area contributed by atoms with Gasteiger partial charge < -0.3 is 15.4 Å². The van der Waals surface area contributed by atoms with Gasteiger partial charge in [-0.25, -0.2) is 0 Å². The van der Waals surface area contributed by atoms with Crippen LogP contribution < -0.4 is 15.4 Å². The number of carbonyl (C=O) groups excluding carboxylic acids is 2. The van der Waals surface area contributed by atoms with E-state index in [9.17, 15) is 9.59 Å². The number of hydrogen-bond acceptors (Lipinski definition) is 3. The van der Waals surface area contributed by atoms with Crippen LogP contribution >= 0.6 is 0 Å². The summed E-state index contributed by atoms with van der Waals surface area (Å²) in [7, 11) is 0. The van der Waals surface area contributed by atoms with Crippen LogP contribution in [0.1, 0.15) is 49.0 Å². The lowest BCUT2D eigenvalue weighted by Gasteiger charge is -2.14. The van der Waals surface area contributed by atoms with Crippen LogP contribution in [0, 0.1) is 12.8 Å². The van der Waals surface area contributed by atoms with Gasteiger partial charge in [0.1, 0.15) is 5.75 Å². The van der Waals surface area contributed by atoms with Gasteiger partial charge in [0.15, 0.2) is 0 Å². The molecule has 0 saturated heterocycles. The summed E-state index contributed by atoms with van der Waals surface area (Å²) in [6.07, 6.45) is 2.90. The first kappa shape index (κ1) is 19.0. The lowest BCUT2D eigenvalue weighted by molar-refractivity contribution is -0.117. The first-order chi connectivity index (χ1) is 13.0. The van der Waals surface area contributed by atoms with Crippen LogP contribution in [0.5, 0.6) is 5.75 Å². The molecular weight excluding hydrogens is 340 g/mol. The Labute approximate surface area is 160 Å². The van der Waals surface area contributed by atoms with Crippen LogP contribution in [0.25, 0.3) is 0 Å². The molecule has 142 valence electrons. The summed E-state index contributed by atoms with van der Waals surface area (Å²) in [4.78, 5) is 24.6. The average Bonchev–Trinajstić information content (AvgIpc) is 3.50. The Morgan fingerprint density at radius 3 is 2.63 bits per heavy atom. The molecule has 2 aromatic rings. The molecule has 1 fully saturated rings. The Hall–Kier alpha value is -2.82. The van der Waals surface area contributed by atoms with Crippen molar-refractivity contribution in [3.05, 3.63) is 53.6 Å². The van der Waals surface area contributed by atoms with Gasteiger partial charge in [0.05, 0.1) is 6.10 Å². The largest absolute Gasteiger partial charge is 0.491 e. The molecule has 2 N–H and O–H groups in total. The van der Waals surface area contributed by atoms with Crippen molar-refractivity contribution in [3.8, 4) is 5.75 Å². The van der Waals surface area contributed by atoms with Gasteiger partial charge in [-0.1, -0.05) is 19.1 Å². The summed E-state index contributed by atoms with van der Waals surface area (Å²) in [5.41, 5.74) is 2.87. The zero-order valence-corrected chi connectivity index (χ0v) is 16.0. The van der Waals surface area contributed by atoms with Crippen molar-refractivity contribution >= 4 is 23.2 Å². The number of carbonyl (C=O) groups is 2. The molecule has 1 unspecified atom stereocenters. The third-order valence-electron chi connectivity index (χ3n) is 4.71. The normalized spacial score (nSPS) is 14.3. The van der Waals surface area contributed by atoms with E-state index in [2.05, 4.69) is 17.6 Å². The standard InChI is InChI=1S/C22H26N2O3/c1-4-15(3)27-19-7-5-6-17(12-19)22(26)23-18-11-8-14(2)20(13-18)24-21(25)16-9-10-16/h5-8,11-13,15-16H,4,9-10H2,1-3H3,(H,23,26)(H,24,25). The van der Waals surface area contributed by atoms with Gasteiger partial charge in [0.25, 0.3) is 5.91 Å². The van der Waals surface area contributed by atoms with Crippen LogP contribution in [0.3, 0.4) is 0 Å². The number of nitrogens with one attached hydrogen (secondary N) is 2. The monoisotopic (exact) mass is 366 g/mol. The predicted molar refractivity (Wildman–Crippen MR) is 107 cm³/mol. The first-order valence-electron chi connectivity index (χ1n) is 9.46. The van der Waals surface area contributed by atoms with Crippen LogP contribution in [0.2, 0.25) is 0 Å². The van der Waals surface area contributed by atoms with E-state index in [1.165, 1.54) is 0 Å². The molecular formula is C22H26N2O3. The molecule has 2 amide bonds. The summed E-state index contributed by atoms with van der Waals surface area (Å²) in [6.45, 7) is 5.98. The zero-order chi connectivity index (χ0) is 19.4. The fraction of sp³-hybridized carbons (Fsp3) is 0.364. The molecule has 0 spiro atoms. The summed E-state index contributed by atoms with van der Waals surface area (Å²) in [5.74, 6) is 0.651. The molecule has 5 nitrogen and oxygen atoms in total. The third kappa shape index (κ3) is 5.09. The molecule has 0 bridgehead atoms. The quantitative estimate of drug-likeness (QED) is 0.741. The predicted octanol–water partition coefficient (Wildman–Crippen LogP) is 4.77. The van der Waals surface area contributed by atoms with Gasteiger partial charge in [0, 0.05) is 22.9 Å². The molecule has 1 aliphatic carbocycles. The third-order valence-corrected chi connectivity index (χ3v) is 4.71. The molecule has 0 heterocycles. The second-order valence-electron chi connectivity index (χ2n) is 7.11. The van der Waals surface area contributed by atoms with Crippen LogP contribution in [-0.2, 0) is 4.79 Å². The van der Waals surface area contributed by atoms with Crippen molar-refractivity contribution in [1.29, 1.82) is 0 Å². The smallest absolute Gasteiger partial charge is 0.255 e. The van der Waals surface area contributed by atoms with Gasteiger partial charge in [-0.15, -0.1) is 0 Å². The van der Waals surface area contributed by atoms with E-state index in [1.54, 1.807) is 18.2 Å². The molecule has 1 atom stereocenters. The highest BCUT2D eigenvalue weighted by Gasteiger charge is 2.29. The maximum absolute atomic E-state index is 12.6. The lowest BCUT2D eigenvalue weighted by atomic mass is 10.1. The zero-order valence-electron chi connectivity index (χ0n) is 16.0. The Morgan fingerprint density at radius 1 is 1.15 bits per heavy atom. The van der Waals surface area contributed by atoms with Crippen LogP contribution in [-0.4, -0.2) is 17.9 Å². The molecule has 3 rings (SSSR count). The number of ether oxygens (including phenoxy) is 1. The number of rotatable bonds is 7. The first-order valence-corrected chi connectivity index (χ1v) is 9.46. The minimum Gasteiger partial charge on any atom is -0.491 e. The van der Waals surface area contributed by atoms with Crippen molar-refractivity contribution < 1.29 is 14.3 Å². The highest BCUT2D eigenvalue weighted by atomic mass is 16.5. The van der Waals surface area contributed by atoms with E-state index < -0.39 is 0 Å². The lowest BCUT2D eigenvalue weighted by Crippen LogP contribution is -2.16. The van der Waals surface area contributed by atoms with Gasteiger partial charge in [-0.2, -0.15) is 0 Å². The summed E-state index contributed by atoms with van der Waals surface area (Å²) < 4.78 is 5.78. The molecule has 2 aromatic carbocycles. The van der Waals surface area contributed by atoms with Gasteiger partial charge in [0.2, 0.25) is 5.91 Å². The van der Waals surface area contributed by atoms with Crippen molar-refractivity contribution in [3.63, 3.8) is 0 Å². The maximum atomic E-state index is 12.6. The SMILES string of the molecule is CCC(C)Oc1cccc(C(=O)Nc2ccc(C)c(NC(=O)C3CC3)c2)c1. The molecule has 1 saturated carbocycles. The molecule has 1 aliphatic rings. The summed E-state index contributed by atoms with van der Waals surface area (Å²) >= 11 is 0. The van der Waals surface area contributed by atoms with Crippen molar-refractivity contribution in [2.75, 3.05) is 10.6 Å². The van der Waals surface area contributed by atoms with Gasteiger partial charge >= 0.3 is 0 Å². The number of hydrogen-bond donors (Lipinski definition) is 2. The number of amides is 2. The number of benzene rings is 2. The fourth-order valence-corrected chi connectivity index (χ4v) is 2.64. The second-order valence-corrected chi connectivity index (χ2v) is 7.11.